The van der Waals surface area contributed by atoms with Gasteiger partial charge >= 0.3 is 0 Å². The molecule has 2 aromatic carbocycles. The van der Waals surface area contributed by atoms with Crippen LogP contribution in [0, 0.1) is 15.4 Å². The predicted octanol–water partition coefficient (Wildman–Crippen LogP) is 5.29. The first-order chi connectivity index (χ1) is 14.6. The molecule has 0 amide bonds. The zero-order chi connectivity index (χ0) is 21.3. The number of phenols is 1. The van der Waals surface area contributed by atoms with Crippen LogP contribution in [0.5, 0.6) is 5.75 Å². The normalized spacial score (nSPS) is 15.2. The molecule has 0 saturated carbocycles. The number of benzene rings is 2. The van der Waals surface area contributed by atoms with Gasteiger partial charge in [-0.3, -0.25) is 4.90 Å². The highest BCUT2D eigenvalue weighted by molar-refractivity contribution is 14.1. The summed E-state index contributed by atoms with van der Waals surface area (Å²) in [5.41, 5.74) is 3.31. The maximum absolute atomic E-state index is 10.6. The molecular formula is C26H33IN2O. The van der Waals surface area contributed by atoms with E-state index in [1.807, 2.05) is 12.1 Å². The van der Waals surface area contributed by atoms with Crippen molar-refractivity contribution in [3.63, 3.8) is 0 Å². The summed E-state index contributed by atoms with van der Waals surface area (Å²) in [4.78, 5) is 5.04. The van der Waals surface area contributed by atoms with E-state index >= 15 is 0 Å². The summed E-state index contributed by atoms with van der Waals surface area (Å²) < 4.78 is 0.885. The molecule has 1 fully saturated rings. The fourth-order valence-corrected chi connectivity index (χ4v) is 4.97. The molecule has 1 aliphatic rings. The Bertz CT molecular complexity index is 860. The number of aryl methyl sites for hydroxylation is 1. The fourth-order valence-electron chi connectivity index (χ4n) is 4.29. The molecule has 0 aromatic heterocycles. The molecule has 4 heteroatoms. The van der Waals surface area contributed by atoms with Crippen molar-refractivity contribution >= 4 is 22.6 Å². The van der Waals surface area contributed by atoms with Gasteiger partial charge in [-0.25, -0.2) is 0 Å². The van der Waals surface area contributed by atoms with E-state index in [0.29, 0.717) is 11.8 Å². The number of rotatable bonds is 7. The van der Waals surface area contributed by atoms with E-state index < -0.39 is 0 Å². The van der Waals surface area contributed by atoms with E-state index in [-0.39, 0.29) is 0 Å². The first-order valence-electron chi connectivity index (χ1n) is 11.1. The molecule has 1 saturated heterocycles. The lowest BCUT2D eigenvalue weighted by Gasteiger charge is -2.37. The first-order valence-corrected chi connectivity index (χ1v) is 12.2. The molecule has 3 rings (SSSR count). The van der Waals surface area contributed by atoms with Crippen LogP contribution in [-0.2, 0) is 13.0 Å². The van der Waals surface area contributed by atoms with Crippen molar-refractivity contribution in [2.45, 2.75) is 52.1 Å². The van der Waals surface area contributed by atoms with Crippen LogP contribution in [0.15, 0.2) is 42.5 Å². The van der Waals surface area contributed by atoms with Gasteiger partial charge in [-0.1, -0.05) is 56.0 Å². The Labute approximate surface area is 195 Å². The van der Waals surface area contributed by atoms with Crippen molar-refractivity contribution in [2.24, 2.45) is 0 Å². The largest absolute Gasteiger partial charge is 0.507 e. The zero-order valence-electron chi connectivity index (χ0n) is 18.2. The second-order valence-corrected chi connectivity index (χ2v) is 9.14. The maximum atomic E-state index is 10.6. The van der Waals surface area contributed by atoms with E-state index in [1.54, 1.807) is 0 Å². The van der Waals surface area contributed by atoms with Gasteiger partial charge in [-0.05, 0) is 85.7 Å². The quantitative estimate of drug-likeness (QED) is 0.401. The van der Waals surface area contributed by atoms with Gasteiger partial charge < -0.3 is 10.0 Å². The lowest BCUT2D eigenvalue weighted by Crippen LogP contribution is -2.44. The van der Waals surface area contributed by atoms with E-state index in [2.05, 4.69) is 88.4 Å². The fraction of sp³-hybridized carbons (Fsp3) is 0.462. The zero-order valence-corrected chi connectivity index (χ0v) is 20.4. The van der Waals surface area contributed by atoms with Crippen LogP contribution in [0.3, 0.4) is 0 Å². The Morgan fingerprint density at radius 1 is 1.10 bits per heavy atom. The molecule has 0 atom stereocenters. The van der Waals surface area contributed by atoms with Crippen molar-refractivity contribution in [1.29, 1.82) is 0 Å². The average Bonchev–Trinajstić information content (AvgIpc) is 2.77. The third kappa shape index (κ3) is 6.47. The summed E-state index contributed by atoms with van der Waals surface area (Å²) >= 11 is 2.22. The Hall–Kier alpha value is -1.55. The number of piperidine rings is 1. The number of likely N-dealkylation sites (tertiary alicyclic amines) is 1. The van der Waals surface area contributed by atoms with Crippen molar-refractivity contribution in [1.82, 2.24) is 9.80 Å². The van der Waals surface area contributed by atoms with Crippen molar-refractivity contribution < 1.29 is 5.11 Å². The summed E-state index contributed by atoms with van der Waals surface area (Å²) in [6.45, 7) is 9.74. The number of nitrogens with zero attached hydrogens (tertiary/aromatic N) is 2. The third-order valence-electron chi connectivity index (χ3n) is 6.04. The van der Waals surface area contributed by atoms with E-state index in [4.69, 9.17) is 0 Å². The summed E-state index contributed by atoms with van der Waals surface area (Å²) in [5.74, 6) is 7.02. The van der Waals surface area contributed by atoms with Crippen LogP contribution >= 0.6 is 22.6 Å². The molecule has 0 unspecified atom stereocenters. The number of hydrogen-bond acceptors (Lipinski definition) is 3. The van der Waals surface area contributed by atoms with Crippen LogP contribution in [0.1, 0.15) is 49.8 Å². The smallest absolute Gasteiger partial charge is 0.133 e. The second kappa shape index (κ2) is 11.7. The van der Waals surface area contributed by atoms with E-state index in [1.165, 1.54) is 18.4 Å². The van der Waals surface area contributed by atoms with Crippen molar-refractivity contribution in [2.75, 3.05) is 26.2 Å². The first kappa shape index (κ1) is 23.1. The second-order valence-electron chi connectivity index (χ2n) is 7.98. The van der Waals surface area contributed by atoms with Gasteiger partial charge in [0.05, 0.1) is 3.57 Å². The van der Waals surface area contributed by atoms with Crippen molar-refractivity contribution in [3.8, 4) is 17.6 Å². The Balaban J connectivity index is 1.60. The summed E-state index contributed by atoms with van der Waals surface area (Å²) in [6.07, 6.45) is 4.23. The Kier molecular flexibility index (Phi) is 9.05. The summed E-state index contributed by atoms with van der Waals surface area (Å²) in [7, 11) is 0. The third-order valence-corrected chi connectivity index (χ3v) is 6.86. The van der Waals surface area contributed by atoms with Gasteiger partial charge in [-0.15, -0.1) is 0 Å². The molecule has 2 aromatic rings. The Morgan fingerprint density at radius 2 is 1.80 bits per heavy atom. The topological polar surface area (TPSA) is 26.7 Å². The predicted molar refractivity (Wildman–Crippen MR) is 134 cm³/mol. The average molecular weight is 516 g/mol. The maximum Gasteiger partial charge on any atom is 0.133 e. The molecule has 0 spiro atoms. The van der Waals surface area contributed by atoms with Gasteiger partial charge in [0.15, 0.2) is 0 Å². The minimum absolute atomic E-state index is 0.413. The van der Waals surface area contributed by atoms with Gasteiger partial charge in [0.25, 0.3) is 0 Å². The van der Waals surface area contributed by atoms with Gasteiger partial charge in [-0.2, -0.15) is 0 Å². The number of hydrogen-bond donors (Lipinski definition) is 1. The molecule has 1 heterocycles. The molecule has 1 aliphatic heterocycles. The van der Waals surface area contributed by atoms with Gasteiger partial charge in [0.1, 0.15) is 5.75 Å². The Morgan fingerprint density at radius 3 is 2.47 bits per heavy atom. The molecule has 0 aliphatic carbocycles. The molecule has 3 nitrogen and oxygen atoms in total. The highest BCUT2D eigenvalue weighted by atomic mass is 127. The number of phenolic OH excluding ortho intramolecular Hbond substituents is 1. The molecule has 160 valence electrons. The lowest BCUT2D eigenvalue weighted by atomic mass is 10.0. The molecule has 1 N–H and O–H groups in total. The van der Waals surface area contributed by atoms with Crippen LogP contribution in [0.4, 0.5) is 0 Å². The molecule has 0 bridgehead atoms. The molecular weight excluding hydrogens is 483 g/mol. The van der Waals surface area contributed by atoms with E-state index in [9.17, 15) is 5.11 Å². The van der Waals surface area contributed by atoms with Crippen LogP contribution in [0.2, 0.25) is 0 Å². The van der Waals surface area contributed by atoms with Gasteiger partial charge in [0.2, 0.25) is 0 Å². The lowest BCUT2D eigenvalue weighted by molar-refractivity contribution is 0.112. The van der Waals surface area contributed by atoms with Gasteiger partial charge in [0, 0.05) is 30.1 Å². The number of halogens is 1. The van der Waals surface area contributed by atoms with Crippen LogP contribution < -0.4 is 0 Å². The highest BCUT2D eigenvalue weighted by Crippen LogP contribution is 2.28. The molecule has 0 radical (unpaired) electrons. The summed E-state index contributed by atoms with van der Waals surface area (Å²) in [6, 6.07) is 15.2. The van der Waals surface area contributed by atoms with Crippen molar-refractivity contribution in [3.05, 3.63) is 62.7 Å². The summed E-state index contributed by atoms with van der Waals surface area (Å²) in [5, 5.41) is 10.6. The standard InChI is InChI=1S/C26H33IN2O/c1-3-29(4-2)24-14-16-28(17-15-24)20-23-18-22(19-25(27)26(23)30)13-9-8-12-21-10-6-5-7-11-21/h5-7,10-11,18-19,24,30H,3-4,8,12,14-17,20H2,1-2H3. The SMILES string of the molecule is CCN(CC)C1CCN(Cc2cc(C#CCCc3ccccc3)cc(I)c2O)CC1. The highest BCUT2D eigenvalue weighted by Gasteiger charge is 2.23. The minimum atomic E-state index is 0.413. The minimum Gasteiger partial charge on any atom is -0.507 e. The van der Waals surface area contributed by atoms with E-state index in [0.717, 1.165) is 60.3 Å². The monoisotopic (exact) mass is 516 g/mol. The number of aromatic hydroxyl groups is 1. The molecule has 30 heavy (non-hydrogen) atoms. The van der Waals surface area contributed by atoms with Crippen LogP contribution in [0.25, 0.3) is 0 Å². The van der Waals surface area contributed by atoms with Crippen LogP contribution in [-0.4, -0.2) is 47.1 Å².